The topological polar surface area (TPSA) is 32.3 Å². The van der Waals surface area contributed by atoms with Gasteiger partial charge in [-0.2, -0.15) is 0 Å². The highest BCUT2D eigenvalue weighted by Crippen LogP contribution is 2.27. The van der Waals surface area contributed by atoms with E-state index in [-0.39, 0.29) is 5.91 Å². The summed E-state index contributed by atoms with van der Waals surface area (Å²) in [6, 6.07) is 10.4. The molecule has 1 amide bonds. The third-order valence-electron chi connectivity index (χ3n) is 4.56. The normalized spacial score (nSPS) is 29.2. The summed E-state index contributed by atoms with van der Waals surface area (Å²) in [6.07, 6.45) is 4.19. The Morgan fingerprint density at radius 1 is 1.25 bits per heavy atom. The fraction of sp³-hybridized carbons (Fsp3) is 0.471. The molecule has 3 aliphatic rings. The van der Waals surface area contributed by atoms with Crippen molar-refractivity contribution >= 4 is 11.5 Å². The van der Waals surface area contributed by atoms with Crippen molar-refractivity contribution in [3.05, 3.63) is 42.0 Å². The van der Waals surface area contributed by atoms with Crippen molar-refractivity contribution in [1.82, 2.24) is 10.2 Å². The standard InChI is InChI=1S/C17H22N2O/c1-13(14-5-3-2-4-6-14)11-17(20)18-16-12-19-9-7-15(16)8-10-19/h2-6,11,15-16H,7-10,12H2,1H3,(H,18,20)/b13-11-/t16-/m0/s1. The molecule has 3 heterocycles. The van der Waals surface area contributed by atoms with Gasteiger partial charge in [0, 0.05) is 18.7 Å². The molecule has 3 nitrogen and oxygen atoms in total. The van der Waals surface area contributed by atoms with E-state index in [1.165, 1.54) is 25.9 Å². The van der Waals surface area contributed by atoms with Crippen LogP contribution in [0.1, 0.15) is 25.3 Å². The molecule has 0 unspecified atom stereocenters. The zero-order chi connectivity index (χ0) is 13.9. The zero-order valence-corrected chi connectivity index (χ0v) is 12.0. The van der Waals surface area contributed by atoms with Crippen molar-refractivity contribution in [2.75, 3.05) is 19.6 Å². The van der Waals surface area contributed by atoms with Crippen LogP contribution >= 0.6 is 0 Å². The molecular formula is C17H22N2O. The van der Waals surface area contributed by atoms with Crippen LogP contribution in [0, 0.1) is 5.92 Å². The molecule has 1 atom stereocenters. The molecule has 2 bridgehead atoms. The summed E-state index contributed by atoms with van der Waals surface area (Å²) in [5.74, 6) is 0.722. The number of nitrogens with one attached hydrogen (secondary N) is 1. The second-order valence-electron chi connectivity index (χ2n) is 5.95. The minimum Gasteiger partial charge on any atom is -0.348 e. The number of fused-ring (bicyclic) bond motifs is 3. The highest BCUT2D eigenvalue weighted by molar-refractivity contribution is 5.95. The quantitative estimate of drug-likeness (QED) is 0.855. The molecule has 20 heavy (non-hydrogen) atoms. The van der Waals surface area contributed by atoms with Gasteiger partial charge in [-0.15, -0.1) is 0 Å². The van der Waals surface area contributed by atoms with Crippen molar-refractivity contribution in [2.24, 2.45) is 5.92 Å². The van der Waals surface area contributed by atoms with Crippen LogP contribution in [0.25, 0.3) is 5.57 Å². The Morgan fingerprint density at radius 2 is 1.95 bits per heavy atom. The van der Waals surface area contributed by atoms with E-state index in [9.17, 15) is 4.79 Å². The maximum Gasteiger partial charge on any atom is 0.244 e. The second kappa shape index (κ2) is 5.80. The zero-order valence-electron chi connectivity index (χ0n) is 12.0. The summed E-state index contributed by atoms with van der Waals surface area (Å²) in [5, 5.41) is 3.19. The molecule has 3 saturated heterocycles. The van der Waals surface area contributed by atoms with Crippen LogP contribution in [0.4, 0.5) is 0 Å². The molecule has 1 aromatic rings. The first-order valence-corrected chi connectivity index (χ1v) is 7.49. The fourth-order valence-corrected chi connectivity index (χ4v) is 3.33. The summed E-state index contributed by atoms with van der Waals surface area (Å²) in [5.41, 5.74) is 2.13. The molecule has 3 fully saturated rings. The predicted octanol–water partition coefficient (Wildman–Crippen LogP) is 2.30. The number of hydrogen-bond acceptors (Lipinski definition) is 2. The van der Waals surface area contributed by atoms with Crippen LogP contribution < -0.4 is 5.32 Å². The number of carbonyl (C=O) groups excluding carboxylic acids is 1. The SMILES string of the molecule is C/C(=C/C(=O)N[C@H]1CN2CCC1CC2)c1ccccc1. The van der Waals surface area contributed by atoms with Crippen LogP contribution in [0.2, 0.25) is 0 Å². The van der Waals surface area contributed by atoms with Gasteiger partial charge >= 0.3 is 0 Å². The van der Waals surface area contributed by atoms with Crippen LogP contribution in [0.3, 0.4) is 0 Å². The van der Waals surface area contributed by atoms with E-state index in [1.807, 2.05) is 37.3 Å². The lowest BCUT2D eigenvalue weighted by molar-refractivity contribution is -0.118. The van der Waals surface area contributed by atoms with Crippen LogP contribution in [0.5, 0.6) is 0 Å². The predicted molar refractivity (Wildman–Crippen MR) is 81.2 cm³/mol. The lowest BCUT2D eigenvalue weighted by Crippen LogP contribution is -2.57. The number of amides is 1. The van der Waals surface area contributed by atoms with Crippen LogP contribution in [-0.4, -0.2) is 36.5 Å². The van der Waals surface area contributed by atoms with Gasteiger partial charge in [0.15, 0.2) is 0 Å². The van der Waals surface area contributed by atoms with Gasteiger partial charge in [0.05, 0.1) is 0 Å². The summed E-state index contributed by atoms with van der Waals surface area (Å²) in [6.45, 7) is 5.42. The Balaban J connectivity index is 1.62. The number of benzene rings is 1. The first-order chi connectivity index (χ1) is 9.72. The summed E-state index contributed by atoms with van der Waals surface area (Å²) >= 11 is 0. The summed E-state index contributed by atoms with van der Waals surface area (Å²) < 4.78 is 0. The van der Waals surface area contributed by atoms with Gasteiger partial charge in [0.2, 0.25) is 5.91 Å². The maximum absolute atomic E-state index is 12.2. The lowest BCUT2D eigenvalue weighted by Gasteiger charge is -2.44. The molecule has 4 rings (SSSR count). The van der Waals surface area contributed by atoms with E-state index in [4.69, 9.17) is 0 Å². The van der Waals surface area contributed by atoms with E-state index in [0.29, 0.717) is 12.0 Å². The Bertz CT molecular complexity index is 501. The molecule has 0 saturated carbocycles. The van der Waals surface area contributed by atoms with Crippen molar-refractivity contribution in [3.63, 3.8) is 0 Å². The number of allylic oxidation sites excluding steroid dienone is 1. The fourth-order valence-electron chi connectivity index (χ4n) is 3.33. The molecule has 0 radical (unpaired) electrons. The smallest absolute Gasteiger partial charge is 0.244 e. The minimum absolute atomic E-state index is 0.0464. The molecule has 1 N–H and O–H groups in total. The molecule has 0 spiro atoms. The van der Waals surface area contributed by atoms with Crippen molar-refractivity contribution < 1.29 is 4.79 Å². The average molecular weight is 270 g/mol. The molecule has 1 aromatic carbocycles. The number of piperidine rings is 3. The second-order valence-corrected chi connectivity index (χ2v) is 5.95. The minimum atomic E-state index is 0.0464. The molecule has 3 heteroatoms. The number of nitrogens with zero attached hydrogens (tertiary/aromatic N) is 1. The number of hydrogen-bond donors (Lipinski definition) is 1. The molecule has 0 aliphatic carbocycles. The Kier molecular flexibility index (Phi) is 3.88. The molecule has 0 aromatic heterocycles. The number of rotatable bonds is 3. The first-order valence-electron chi connectivity index (χ1n) is 7.49. The Hall–Kier alpha value is -1.61. The largest absolute Gasteiger partial charge is 0.348 e. The third kappa shape index (κ3) is 2.93. The molecule has 3 aliphatic heterocycles. The van der Waals surface area contributed by atoms with Gasteiger partial charge in [-0.3, -0.25) is 4.79 Å². The molecule has 106 valence electrons. The van der Waals surface area contributed by atoms with E-state index in [2.05, 4.69) is 10.2 Å². The third-order valence-corrected chi connectivity index (χ3v) is 4.56. The van der Waals surface area contributed by atoms with E-state index >= 15 is 0 Å². The van der Waals surface area contributed by atoms with Crippen molar-refractivity contribution in [2.45, 2.75) is 25.8 Å². The average Bonchev–Trinajstić information content (AvgIpc) is 2.49. The Morgan fingerprint density at radius 3 is 2.55 bits per heavy atom. The van der Waals surface area contributed by atoms with Gasteiger partial charge in [-0.25, -0.2) is 0 Å². The van der Waals surface area contributed by atoms with E-state index in [1.54, 1.807) is 6.08 Å². The van der Waals surface area contributed by atoms with Gasteiger partial charge < -0.3 is 10.2 Å². The van der Waals surface area contributed by atoms with Gasteiger partial charge in [-0.1, -0.05) is 30.3 Å². The number of carbonyl (C=O) groups is 1. The highest BCUT2D eigenvalue weighted by atomic mass is 16.1. The van der Waals surface area contributed by atoms with Gasteiger partial charge in [-0.05, 0) is 49.9 Å². The van der Waals surface area contributed by atoms with E-state index in [0.717, 1.165) is 17.7 Å². The van der Waals surface area contributed by atoms with Crippen LogP contribution in [0.15, 0.2) is 36.4 Å². The first kappa shape index (κ1) is 13.4. The van der Waals surface area contributed by atoms with E-state index < -0.39 is 0 Å². The highest BCUT2D eigenvalue weighted by Gasteiger charge is 2.34. The van der Waals surface area contributed by atoms with Gasteiger partial charge in [0.1, 0.15) is 0 Å². The lowest BCUT2D eigenvalue weighted by atomic mass is 9.84. The van der Waals surface area contributed by atoms with Crippen LogP contribution in [-0.2, 0) is 4.79 Å². The van der Waals surface area contributed by atoms with Crippen molar-refractivity contribution in [3.8, 4) is 0 Å². The summed E-state index contributed by atoms with van der Waals surface area (Å²) in [7, 11) is 0. The maximum atomic E-state index is 12.2. The molecular weight excluding hydrogens is 248 g/mol. The summed E-state index contributed by atoms with van der Waals surface area (Å²) in [4.78, 5) is 14.6. The monoisotopic (exact) mass is 270 g/mol. The van der Waals surface area contributed by atoms with Gasteiger partial charge in [0.25, 0.3) is 0 Å². The van der Waals surface area contributed by atoms with Crippen molar-refractivity contribution in [1.29, 1.82) is 0 Å². The Labute approximate surface area is 120 Å².